The number of ether oxygens (including phenoxy) is 2. The Morgan fingerprint density at radius 3 is 1.95 bits per heavy atom. The van der Waals surface area contributed by atoms with Gasteiger partial charge in [0.1, 0.15) is 6.61 Å². The maximum absolute atomic E-state index is 11.3. The van der Waals surface area contributed by atoms with E-state index >= 15 is 0 Å². The van der Waals surface area contributed by atoms with E-state index < -0.39 is 39.1 Å². The standard InChI is InChI=1S/C11H17O8P.Ba/c1-7(2)10(12)17-5-9(6-18-20(14,15)16)19-11(13)8(3)4;/h9H,1,3,5-6H2,2,4H3,(H2,14,15,16);/q;+2/p-2. The van der Waals surface area contributed by atoms with Crippen molar-refractivity contribution in [2.45, 2.75) is 20.0 Å². The van der Waals surface area contributed by atoms with Crippen LogP contribution in [0.2, 0.25) is 0 Å². The molecule has 114 valence electrons. The predicted octanol–water partition coefficient (Wildman–Crippen LogP) is -0.942. The van der Waals surface area contributed by atoms with Gasteiger partial charge in [-0.2, -0.15) is 0 Å². The Bertz CT molecular complexity index is 455. The molecule has 0 amide bonds. The summed E-state index contributed by atoms with van der Waals surface area (Å²) >= 11 is 0. The maximum atomic E-state index is 11.3. The number of esters is 2. The molecule has 1 atom stereocenters. The zero-order valence-corrected chi connectivity index (χ0v) is 17.2. The van der Waals surface area contributed by atoms with Gasteiger partial charge in [-0.3, -0.25) is 0 Å². The van der Waals surface area contributed by atoms with Crippen LogP contribution in [0.4, 0.5) is 0 Å². The van der Waals surface area contributed by atoms with Gasteiger partial charge in [-0.25, -0.2) is 9.59 Å². The molecule has 0 saturated carbocycles. The van der Waals surface area contributed by atoms with Crippen LogP contribution in [0.1, 0.15) is 13.8 Å². The second kappa shape index (κ2) is 10.8. The number of phosphoric ester groups is 1. The molecule has 0 bridgehead atoms. The molecule has 0 heterocycles. The first-order valence-electron chi connectivity index (χ1n) is 5.38. The normalized spacial score (nSPS) is 11.8. The van der Waals surface area contributed by atoms with Gasteiger partial charge < -0.3 is 28.3 Å². The van der Waals surface area contributed by atoms with Crippen LogP contribution in [-0.4, -0.2) is 80.1 Å². The minimum Gasteiger partial charge on any atom is -0.790 e. The first-order chi connectivity index (χ1) is 9.03. The van der Waals surface area contributed by atoms with Crippen molar-refractivity contribution in [2.24, 2.45) is 0 Å². The van der Waals surface area contributed by atoms with E-state index in [1.807, 2.05) is 0 Å². The fraction of sp³-hybridized carbons (Fsp3) is 0.455. The fourth-order valence-electron chi connectivity index (χ4n) is 0.834. The van der Waals surface area contributed by atoms with Crippen LogP contribution in [-0.2, 0) is 28.2 Å². The number of hydrogen-bond acceptors (Lipinski definition) is 8. The van der Waals surface area contributed by atoms with Crippen molar-refractivity contribution in [2.75, 3.05) is 13.2 Å². The van der Waals surface area contributed by atoms with E-state index in [9.17, 15) is 23.9 Å². The molecule has 0 fully saturated rings. The summed E-state index contributed by atoms with van der Waals surface area (Å²) in [4.78, 5) is 43.2. The van der Waals surface area contributed by atoms with Crippen LogP contribution in [0.25, 0.3) is 0 Å². The van der Waals surface area contributed by atoms with Gasteiger partial charge in [0.15, 0.2) is 6.10 Å². The molecule has 0 spiro atoms. The number of carbonyl (C=O) groups is 2. The molecule has 0 aliphatic heterocycles. The summed E-state index contributed by atoms with van der Waals surface area (Å²) < 4.78 is 23.8. The van der Waals surface area contributed by atoms with E-state index in [-0.39, 0.29) is 60.0 Å². The van der Waals surface area contributed by atoms with Crippen LogP contribution < -0.4 is 9.79 Å². The van der Waals surface area contributed by atoms with Crippen molar-refractivity contribution in [3.05, 3.63) is 24.3 Å². The van der Waals surface area contributed by atoms with Crippen LogP contribution in [0.5, 0.6) is 0 Å². The van der Waals surface area contributed by atoms with Gasteiger partial charge in [-0.05, 0) is 13.8 Å². The Morgan fingerprint density at radius 2 is 1.57 bits per heavy atom. The Hall–Kier alpha value is 0.101. The summed E-state index contributed by atoms with van der Waals surface area (Å²) in [5, 5.41) is 0. The molecule has 10 heteroatoms. The molecule has 0 aliphatic carbocycles. The monoisotopic (exact) mass is 444 g/mol. The summed E-state index contributed by atoms with van der Waals surface area (Å²) in [7, 11) is -5.22. The Balaban J connectivity index is 0. The van der Waals surface area contributed by atoms with Gasteiger partial charge in [-0.15, -0.1) is 0 Å². The van der Waals surface area contributed by atoms with Crippen LogP contribution in [0.15, 0.2) is 24.3 Å². The van der Waals surface area contributed by atoms with Crippen molar-refractivity contribution >= 4 is 68.6 Å². The van der Waals surface area contributed by atoms with E-state index in [1.165, 1.54) is 13.8 Å². The van der Waals surface area contributed by atoms with Crippen molar-refractivity contribution in [3.8, 4) is 0 Å². The van der Waals surface area contributed by atoms with Gasteiger partial charge in [-0.1, -0.05) is 13.2 Å². The summed E-state index contributed by atoms with van der Waals surface area (Å²) in [6.07, 6.45) is -1.25. The minimum atomic E-state index is -5.22. The summed E-state index contributed by atoms with van der Waals surface area (Å²) in [5.74, 6) is -1.59. The molecule has 0 aliphatic rings. The average molecular weight is 444 g/mol. The maximum Gasteiger partial charge on any atom is 2.00 e. The van der Waals surface area contributed by atoms with Gasteiger partial charge in [0, 0.05) is 11.1 Å². The molecule has 8 nitrogen and oxygen atoms in total. The number of hydrogen-bond donors (Lipinski definition) is 0. The molecule has 21 heavy (non-hydrogen) atoms. The van der Waals surface area contributed by atoms with Gasteiger partial charge in [0.25, 0.3) is 0 Å². The second-order valence-corrected chi connectivity index (χ2v) is 5.08. The molecule has 0 rings (SSSR count). The molecular formula is C11H15BaO8P. The molecular weight excluding hydrogens is 428 g/mol. The first-order valence-corrected chi connectivity index (χ1v) is 6.84. The Labute approximate surface area is 162 Å². The SMILES string of the molecule is C=C(C)C(=O)OCC(COP(=O)([O-])[O-])OC(=O)C(=C)C.[Ba+2]. The molecule has 0 N–H and O–H groups in total. The molecule has 1 unspecified atom stereocenters. The molecule has 0 radical (unpaired) electrons. The minimum absolute atomic E-state index is 0. The summed E-state index contributed by atoms with van der Waals surface area (Å²) in [6, 6.07) is 0. The second-order valence-electron chi connectivity index (χ2n) is 3.93. The van der Waals surface area contributed by atoms with Crippen molar-refractivity contribution in [1.29, 1.82) is 0 Å². The molecule has 0 aromatic carbocycles. The number of rotatable bonds is 8. The van der Waals surface area contributed by atoms with Crippen molar-refractivity contribution < 1.29 is 37.9 Å². The van der Waals surface area contributed by atoms with Crippen molar-refractivity contribution in [3.63, 3.8) is 0 Å². The largest absolute Gasteiger partial charge is 2.00 e. The van der Waals surface area contributed by atoms with Crippen LogP contribution in [0.3, 0.4) is 0 Å². The van der Waals surface area contributed by atoms with E-state index in [0.29, 0.717) is 0 Å². The zero-order valence-electron chi connectivity index (χ0n) is 11.8. The smallest absolute Gasteiger partial charge is 0.790 e. The zero-order chi connectivity index (χ0) is 15.9. The third-order valence-electron chi connectivity index (χ3n) is 1.79. The van der Waals surface area contributed by atoms with Gasteiger partial charge in [0.05, 0.1) is 14.4 Å². The number of carbonyl (C=O) groups excluding carboxylic acids is 2. The molecule has 0 saturated heterocycles. The number of phosphoric acid groups is 1. The van der Waals surface area contributed by atoms with Crippen LogP contribution >= 0.6 is 7.82 Å². The van der Waals surface area contributed by atoms with E-state index in [2.05, 4.69) is 17.7 Å². The Morgan fingerprint density at radius 1 is 1.10 bits per heavy atom. The van der Waals surface area contributed by atoms with E-state index in [0.717, 1.165) is 0 Å². The third kappa shape index (κ3) is 12.3. The quantitative estimate of drug-likeness (QED) is 0.204. The topological polar surface area (TPSA) is 125 Å². The molecule has 0 aromatic rings. The third-order valence-corrected chi connectivity index (χ3v) is 2.25. The first kappa shape index (κ1) is 23.4. The average Bonchev–Trinajstić information content (AvgIpc) is 2.30. The van der Waals surface area contributed by atoms with Gasteiger partial charge >= 0.3 is 60.8 Å². The van der Waals surface area contributed by atoms with E-state index in [1.54, 1.807) is 0 Å². The van der Waals surface area contributed by atoms with Crippen LogP contribution in [0, 0.1) is 0 Å². The predicted molar refractivity (Wildman–Crippen MR) is 69.8 cm³/mol. The fourth-order valence-corrected chi connectivity index (χ4v) is 1.18. The van der Waals surface area contributed by atoms with E-state index in [4.69, 9.17) is 9.47 Å². The van der Waals surface area contributed by atoms with Gasteiger partial charge in [0.2, 0.25) is 0 Å². The van der Waals surface area contributed by atoms with Crippen molar-refractivity contribution in [1.82, 2.24) is 0 Å². The molecule has 0 aromatic heterocycles. The Kier molecular flexibility index (Phi) is 12.0. The summed E-state index contributed by atoms with van der Waals surface area (Å²) in [6.45, 7) is 8.19. The summed E-state index contributed by atoms with van der Waals surface area (Å²) in [5.41, 5.74) is 0.155.